The van der Waals surface area contributed by atoms with Crippen LogP contribution < -0.4 is 11.1 Å². The average Bonchev–Trinajstić information content (AvgIpc) is 2.96. The lowest BCUT2D eigenvalue weighted by molar-refractivity contribution is -0.127. The van der Waals surface area contributed by atoms with Gasteiger partial charge in [-0.25, -0.2) is 0 Å². The van der Waals surface area contributed by atoms with Crippen LogP contribution in [0.25, 0.3) is 0 Å². The summed E-state index contributed by atoms with van der Waals surface area (Å²) in [6.07, 6.45) is 8.54. The van der Waals surface area contributed by atoms with Gasteiger partial charge in [-0.15, -0.1) is 0 Å². The number of nitrogens with one attached hydrogen (secondary N) is 1. The Hall–Kier alpha value is -1.29. The first-order valence-electron chi connectivity index (χ1n) is 7.31. The van der Waals surface area contributed by atoms with Crippen LogP contribution in [0.2, 0.25) is 0 Å². The molecule has 0 bridgehead atoms. The molecule has 1 aliphatic carbocycles. The lowest BCUT2D eigenvalue weighted by atomic mass is 9.78. The first kappa shape index (κ1) is 14.1. The fourth-order valence-corrected chi connectivity index (χ4v) is 3.02. The van der Waals surface area contributed by atoms with Gasteiger partial charge in [0.05, 0.1) is 12.8 Å². The fraction of sp³-hybridized carbons (Fsp3) is 0.667. The van der Waals surface area contributed by atoms with Gasteiger partial charge in [-0.1, -0.05) is 19.3 Å². The average molecular weight is 264 g/mol. The third-order valence-electron chi connectivity index (χ3n) is 4.05. The molecule has 1 aliphatic rings. The van der Waals surface area contributed by atoms with Crippen molar-refractivity contribution in [3.63, 3.8) is 0 Å². The van der Waals surface area contributed by atoms with Gasteiger partial charge in [0, 0.05) is 5.92 Å². The molecule has 0 spiro atoms. The molecule has 19 heavy (non-hydrogen) atoms. The first-order chi connectivity index (χ1) is 9.31. The third-order valence-corrected chi connectivity index (χ3v) is 4.05. The second-order valence-electron chi connectivity index (χ2n) is 5.38. The summed E-state index contributed by atoms with van der Waals surface area (Å²) in [6.45, 7) is 1.05. The summed E-state index contributed by atoms with van der Waals surface area (Å²) in [5.41, 5.74) is 5.67. The van der Waals surface area contributed by atoms with Gasteiger partial charge in [-0.05, 0) is 43.9 Å². The summed E-state index contributed by atoms with van der Waals surface area (Å²) in [5.74, 6) is 1.51. The van der Waals surface area contributed by atoms with Crippen LogP contribution in [-0.2, 0) is 11.3 Å². The Morgan fingerprint density at radius 2 is 2.21 bits per heavy atom. The quantitative estimate of drug-likeness (QED) is 0.829. The van der Waals surface area contributed by atoms with Crippen LogP contribution in [0.4, 0.5) is 0 Å². The van der Waals surface area contributed by atoms with E-state index in [9.17, 15) is 4.79 Å². The second-order valence-corrected chi connectivity index (χ2v) is 5.38. The van der Waals surface area contributed by atoms with Crippen molar-refractivity contribution in [3.8, 4) is 0 Å². The summed E-state index contributed by atoms with van der Waals surface area (Å²) in [5, 5.41) is 2.98. The van der Waals surface area contributed by atoms with Crippen LogP contribution in [0.5, 0.6) is 0 Å². The third kappa shape index (κ3) is 4.10. The lowest BCUT2D eigenvalue weighted by Crippen LogP contribution is -2.36. The fourth-order valence-electron chi connectivity index (χ4n) is 3.02. The van der Waals surface area contributed by atoms with Gasteiger partial charge in [-0.2, -0.15) is 0 Å². The van der Waals surface area contributed by atoms with Gasteiger partial charge < -0.3 is 15.5 Å². The SMILES string of the molecule is NCCC(C(=O)NCc1ccco1)C1CCCCC1. The maximum absolute atomic E-state index is 12.3. The summed E-state index contributed by atoms with van der Waals surface area (Å²) in [6, 6.07) is 3.71. The molecule has 1 atom stereocenters. The van der Waals surface area contributed by atoms with E-state index in [-0.39, 0.29) is 11.8 Å². The predicted molar refractivity (Wildman–Crippen MR) is 74.3 cm³/mol. The van der Waals surface area contributed by atoms with Crippen molar-refractivity contribution in [2.24, 2.45) is 17.6 Å². The van der Waals surface area contributed by atoms with Crippen LogP contribution in [0.15, 0.2) is 22.8 Å². The highest BCUT2D eigenvalue weighted by Gasteiger charge is 2.28. The molecule has 1 fully saturated rings. The van der Waals surface area contributed by atoms with Gasteiger partial charge >= 0.3 is 0 Å². The minimum Gasteiger partial charge on any atom is -0.467 e. The van der Waals surface area contributed by atoms with E-state index >= 15 is 0 Å². The molecular weight excluding hydrogens is 240 g/mol. The topological polar surface area (TPSA) is 68.3 Å². The minimum absolute atomic E-state index is 0.0697. The van der Waals surface area contributed by atoms with E-state index in [1.54, 1.807) is 6.26 Å². The molecule has 1 aromatic rings. The molecule has 0 aromatic carbocycles. The van der Waals surface area contributed by atoms with Gasteiger partial charge in [0.15, 0.2) is 0 Å². The molecular formula is C15H24N2O2. The highest BCUT2D eigenvalue weighted by molar-refractivity contribution is 5.78. The van der Waals surface area contributed by atoms with Crippen LogP contribution in [0, 0.1) is 11.8 Å². The standard InChI is InChI=1S/C15H24N2O2/c16-9-8-14(12-5-2-1-3-6-12)15(18)17-11-13-7-4-10-19-13/h4,7,10,12,14H,1-3,5-6,8-9,11,16H2,(H,17,18). The molecule has 4 nitrogen and oxygen atoms in total. The van der Waals surface area contributed by atoms with E-state index in [0.29, 0.717) is 19.0 Å². The molecule has 4 heteroatoms. The number of furan rings is 1. The number of amides is 1. The van der Waals surface area contributed by atoms with Crippen molar-refractivity contribution < 1.29 is 9.21 Å². The van der Waals surface area contributed by atoms with E-state index in [2.05, 4.69) is 5.32 Å². The molecule has 1 amide bonds. The molecule has 3 N–H and O–H groups in total. The zero-order chi connectivity index (χ0) is 13.5. The zero-order valence-electron chi connectivity index (χ0n) is 11.4. The Morgan fingerprint density at radius 1 is 1.42 bits per heavy atom. The normalized spacial score (nSPS) is 18.2. The van der Waals surface area contributed by atoms with Crippen molar-refractivity contribution in [2.45, 2.75) is 45.1 Å². The summed E-state index contributed by atoms with van der Waals surface area (Å²) < 4.78 is 5.23. The Morgan fingerprint density at radius 3 is 2.84 bits per heavy atom. The molecule has 1 unspecified atom stereocenters. The van der Waals surface area contributed by atoms with Crippen LogP contribution in [0.1, 0.15) is 44.3 Å². The van der Waals surface area contributed by atoms with Crippen molar-refractivity contribution >= 4 is 5.91 Å². The van der Waals surface area contributed by atoms with Crippen molar-refractivity contribution in [2.75, 3.05) is 6.54 Å². The molecule has 0 saturated heterocycles. The molecule has 0 radical (unpaired) electrons. The molecule has 1 heterocycles. The van der Waals surface area contributed by atoms with E-state index in [1.165, 1.54) is 32.1 Å². The number of carbonyl (C=O) groups excluding carboxylic acids is 1. The molecule has 0 aliphatic heterocycles. The number of carbonyl (C=O) groups is 1. The highest BCUT2D eigenvalue weighted by Crippen LogP contribution is 2.31. The van der Waals surface area contributed by atoms with Gasteiger partial charge in [0.25, 0.3) is 0 Å². The molecule has 2 rings (SSSR count). The van der Waals surface area contributed by atoms with Crippen molar-refractivity contribution in [3.05, 3.63) is 24.2 Å². The summed E-state index contributed by atoms with van der Waals surface area (Å²) >= 11 is 0. The molecule has 1 aromatic heterocycles. The van der Waals surface area contributed by atoms with Crippen molar-refractivity contribution in [1.29, 1.82) is 0 Å². The van der Waals surface area contributed by atoms with E-state index in [0.717, 1.165) is 12.2 Å². The Kier molecular flexibility index (Phi) is 5.45. The number of rotatable bonds is 6. The van der Waals surface area contributed by atoms with E-state index in [1.807, 2.05) is 12.1 Å². The minimum atomic E-state index is 0.0697. The first-order valence-corrected chi connectivity index (χ1v) is 7.31. The Labute approximate surface area is 114 Å². The zero-order valence-corrected chi connectivity index (χ0v) is 11.4. The van der Waals surface area contributed by atoms with Crippen LogP contribution in [0.3, 0.4) is 0 Å². The van der Waals surface area contributed by atoms with Gasteiger partial charge in [0.2, 0.25) is 5.91 Å². The number of nitrogens with two attached hydrogens (primary N) is 1. The maximum atomic E-state index is 12.3. The van der Waals surface area contributed by atoms with E-state index < -0.39 is 0 Å². The second kappa shape index (κ2) is 7.34. The molecule has 1 saturated carbocycles. The number of hydrogen-bond donors (Lipinski definition) is 2. The largest absolute Gasteiger partial charge is 0.467 e. The summed E-state index contributed by atoms with van der Waals surface area (Å²) in [7, 11) is 0. The van der Waals surface area contributed by atoms with Crippen LogP contribution in [-0.4, -0.2) is 12.5 Å². The monoisotopic (exact) mass is 264 g/mol. The smallest absolute Gasteiger partial charge is 0.223 e. The van der Waals surface area contributed by atoms with Gasteiger partial charge in [0.1, 0.15) is 5.76 Å². The van der Waals surface area contributed by atoms with Crippen molar-refractivity contribution in [1.82, 2.24) is 5.32 Å². The van der Waals surface area contributed by atoms with E-state index in [4.69, 9.17) is 10.2 Å². The predicted octanol–water partition coefficient (Wildman–Crippen LogP) is 2.44. The Balaban J connectivity index is 1.87. The molecule has 106 valence electrons. The lowest BCUT2D eigenvalue weighted by Gasteiger charge is -2.29. The highest BCUT2D eigenvalue weighted by atomic mass is 16.3. The van der Waals surface area contributed by atoms with Crippen LogP contribution >= 0.6 is 0 Å². The number of hydrogen-bond acceptors (Lipinski definition) is 3. The maximum Gasteiger partial charge on any atom is 0.223 e. The van der Waals surface area contributed by atoms with Gasteiger partial charge in [-0.3, -0.25) is 4.79 Å². The summed E-state index contributed by atoms with van der Waals surface area (Å²) in [4.78, 5) is 12.3. The Bertz CT molecular complexity index is 370.